The first-order valence-electron chi connectivity index (χ1n) is 6.38. The van der Waals surface area contributed by atoms with E-state index in [4.69, 9.17) is 0 Å². The van der Waals surface area contributed by atoms with Crippen molar-refractivity contribution in [3.05, 3.63) is 30.3 Å². The lowest BCUT2D eigenvalue weighted by molar-refractivity contribution is -0.119. The van der Waals surface area contributed by atoms with Crippen LogP contribution in [0.2, 0.25) is 0 Å². The summed E-state index contributed by atoms with van der Waals surface area (Å²) in [5.74, 6) is -0.496. The highest BCUT2D eigenvalue weighted by molar-refractivity contribution is 7.89. The normalized spacial score (nSPS) is 10.9. The molecule has 0 atom stereocenters. The Balaban J connectivity index is 2.55. The molecule has 0 saturated carbocycles. The quantitative estimate of drug-likeness (QED) is 0.586. The minimum absolute atomic E-state index is 0.124. The molecule has 2 N–H and O–H groups in total. The highest BCUT2D eigenvalue weighted by Crippen LogP contribution is 2.06. The predicted octanol–water partition coefficient (Wildman–Crippen LogP) is 1.26. The van der Waals surface area contributed by atoms with Crippen LogP contribution in [0.15, 0.2) is 40.3 Å². The van der Waals surface area contributed by atoms with E-state index in [1.807, 2.05) is 13.8 Å². The van der Waals surface area contributed by atoms with E-state index in [9.17, 15) is 13.2 Å². The summed E-state index contributed by atoms with van der Waals surface area (Å²) in [6, 6.07) is 7.88. The minimum atomic E-state index is -3.66. The molecule has 0 aliphatic carbocycles. The highest BCUT2D eigenvalue weighted by Gasteiger charge is 2.14. The average Bonchev–Trinajstić information content (AvgIpc) is 2.47. The monoisotopic (exact) mass is 297 g/mol. The maximum Gasteiger partial charge on any atom is 0.255 e. The number of carbonyl (C=O) groups is 1. The van der Waals surface area contributed by atoms with Gasteiger partial charge in [-0.1, -0.05) is 32.0 Å². The van der Waals surface area contributed by atoms with Crippen molar-refractivity contribution in [2.45, 2.75) is 31.6 Å². The van der Waals surface area contributed by atoms with Crippen LogP contribution in [0.3, 0.4) is 0 Å². The Morgan fingerprint density at radius 1 is 1.15 bits per heavy atom. The molecule has 0 heterocycles. The number of hydrogen-bond donors (Lipinski definition) is 2. The summed E-state index contributed by atoms with van der Waals surface area (Å²) in [7, 11) is -3.66. The van der Waals surface area contributed by atoms with Gasteiger partial charge in [-0.3, -0.25) is 4.79 Å². The van der Waals surface area contributed by atoms with Crippen LogP contribution in [0.1, 0.15) is 26.7 Å². The van der Waals surface area contributed by atoms with Crippen molar-refractivity contribution in [1.29, 1.82) is 0 Å². The topological polar surface area (TPSA) is 87.6 Å². The number of sulfonamides is 1. The van der Waals surface area contributed by atoms with E-state index < -0.39 is 15.9 Å². The first-order valence-corrected chi connectivity index (χ1v) is 7.87. The van der Waals surface area contributed by atoms with Crippen molar-refractivity contribution in [2.75, 3.05) is 6.54 Å². The van der Waals surface area contributed by atoms with E-state index in [2.05, 4.69) is 15.2 Å². The zero-order valence-electron chi connectivity index (χ0n) is 11.6. The number of hydrogen-bond acceptors (Lipinski definition) is 4. The second-order valence-electron chi connectivity index (χ2n) is 4.06. The Kier molecular flexibility index (Phi) is 6.33. The number of rotatable bonds is 7. The number of benzene rings is 1. The van der Waals surface area contributed by atoms with Gasteiger partial charge < -0.3 is 0 Å². The Morgan fingerprint density at radius 2 is 1.75 bits per heavy atom. The fourth-order valence-electron chi connectivity index (χ4n) is 1.43. The zero-order chi connectivity index (χ0) is 15.0. The molecule has 6 nitrogen and oxygen atoms in total. The molecule has 0 bridgehead atoms. The molecule has 110 valence electrons. The largest absolute Gasteiger partial charge is 0.272 e. The van der Waals surface area contributed by atoms with E-state index in [1.54, 1.807) is 18.2 Å². The number of nitrogens with zero attached hydrogens (tertiary/aromatic N) is 1. The van der Waals surface area contributed by atoms with Crippen molar-refractivity contribution >= 4 is 21.6 Å². The third kappa shape index (κ3) is 5.10. The van der Waals surface area contributed by atoms with Crippen LogP contribution in [0.25, 0.3) is 0 Å². The number of carbonyl (C=O) groups excluding carboxylic acids is 1. The number of amides is 1. The van der Waals surface area contributed by atoms with Gasteiger partial charge >= 0.3 is 0 Å². The Hall–Kier alpha value is -1.73. The summed E-state index contributed by atoms with van der Waals surface area (Å²) in [5.41, 5.74) is 3.18. The van der Waals surface area contributed by atoms with Crippen molar-refractivity contribution < 1.29 is 13.2 Å². The molecule has 0 saturated heterocycles. The van der Waals surface area contributed by atoms with Crippen LogP contribution in [-0.2, 0) is 14.8 Å². The van der Waals surface area contributed by atoms with Gasteiger partial charge in [0.25, 0.3) is 5.91 Å². The van der Waals surface area contributed by atoms with Gasteiger partial charge in [-0.25, -0.2) is 18.6 Å². The van der Waals surface area contributed by atoms with E-state index in [1.165, 1.54) is 12.1 Å². The van der Waals surface area contributed by atoms with E-state index in [0.717, 1.165) is 18.6 Å². The van der Waals surface area contributed by atoms with Gasteiger partial charge in [-0.2, -0.15) is 5.10 Å². The third-order valence-corrected chi connectivity index (χ3v) is 4.05. The molecular weight excluding hydrogens is 278 g/mol. The molecule has 0 unspecified atom stereocenters. The summed E-state index contributed by atoms with van der Waals surface area (Å²) in [6.45, 7) is 3.53. The summed E-state index contributed by atoms with van der Waals surface area (Å²) >= 11 is 0. The second-order valence-corrected chi connectivity index (χ2v) is 5.82. The molecule has 0 aliphatic heterocycles. The maximum atomic E-state index is 11.9. The van der Waals surface area contributed by atoms with Gasteiger partial charge in [0, 0.05) is 5.71 Å². The average molecular weight is 297 g/mol. The van der Waals surface area contributed by atoms with Crippen molar-refractivity contribution in [3.63, 3.8) is 0 Å². The van der Waals surface area contributed by atoms with Crippen molar-refractivity contribution in [3.8, 4) is 0 Å². The standard InChI is InChI=1S/C13H19N3O3S/c1-3-11(4-2)15-16-13(17)10-14-20(18,19)12-8-6-5-7-9-12/h5-9,14H,3-4,10H2,1-2H3,(H,16,17). The molecule has 1 rings (SSSR count). The summed E-state index contributed by atoms with van der Waals surface area (Å²) in [4.78, 5) is 11.6. The molecule has 0 aromatic heterocycles. The van der Waals surface area contributed by atoms with Crippen LogP contribution in [0.5, 0.6) is 0 Å². The first kappa shape index (κ1) is 16.3. The van der Waals surface area contributed by atoms with Crippen molar-refractivity contribution in [2.24, 2.45) is 5.10 Å². The molecule has 1 aromatic carbocycles. The van der Waals surface area contributed by atoms with Gasteiger partial charge in [0.1, 0.15) is 0 Å². The van der Waals surface area contributed by atoms with E-state index in [0.29, 0.717) is 0 Å². The van der Waals surface area contributed by atoms with Gasteiger partial charge in [0.2, 0.25) is 10.0 Å². The summed E-state index contributed by atoms with van der Waals surface area (Å²) < 4.78 is 25.9. The highest BCUT2D eigenvalue weighted by atomic mass is 32.2. The minimum Gasteiger partial charge on any atom is -0.272 e. The molecule has 20 heavy (non-hydrogen) atoms. The maximum absolute atomic E-state index is 11.9. The van der Waals surface area contributed by atoms with Crippen LogP contribution < -0.4 is 10.1 Å². The smallest absolute Gasteiger partial charge is 0.255 e. The number of hydrazone groups is 1. The predicted molar refractivity (Wildman–Crippen MR) is 77.8 cm³/mol. The lowest BCUT2D eigenvalue weighted by atomic mass is 10.2. The lowest BCUT2D eigenvalue weighted by Crippen LogP contribution is -2.35. The molecule has 1 amide bonds. The summed E-state index contributed by atoms with van der Waals surface area (Å²) in [5, 5.41) is 3.92. The molecule has 7 heteroatoms. The van der Waals surface area contributed by atoms with Crippen LogP contribution >= 0.6 is 0 Å². The molecule has 0 spiro atoms. The van der Waals surface area contributed by atoms with Crippen LogP contribution in [0, 0.1) is 0 Å². The van der Waals surface area contributed by atoms with E-state index >= 15 is 0 Å². The van der Waals surface area contributed by atoms with Crippen LogP contribution in [0.4, 0.5) is 0 Å². The molecule has 0 radical (unpaired) electrons. The Labute approximate surface area is 119 Å². The number of nitrogens with one attached hydrogen (secondary N) is 2. The van der Waals surface area contributed by atoms with Gasteiger partial charge in [0.15, 0.2) is 0 Å². The van der Waals surface area contributed by atoms with Gasteiger partial charge in [-0.15, -0.1) is 0 Å². The molecular formula is C13H19N3O3S. The molecule has 1 aromatic rings. The first-order chi connectivity index (χ1) is 9.49. The van der Waals surface area contributed by atoms with Gasteiger partial charge in [0.05, 0.1) is 11.4 Å². The second kappa shape index (κ2) is 7.76. The lowest BCUT2D eigenvalue weighted by Gasteiger charge is -2.06. The van der Waals surface area contributed by atoms with E-state index in [-0.39, 0.29) is 11.4 Å². The Morgan fingerprint density at radius 3 is 2.30 bits per heavy atom. The van der Waals surface area contributed by atoms with Crippen molar-refractivity contribution in [1.82, 2.24) is 10.1 Å². The third-order valence-electron chi connectivity index (χ3n) is 2.63. The van der Waals surface area contributed by atoms with Crippen LogP contribution in [-0.4, -0.2) is 26.6 Å². The Bertz CT molecular complexity index is 562. The zero-order valence-corrected chi connectivity index (χ0v) is 12.4. The SMILES string of the molecule is CCC(CC)=NNC(=O)CNS(=O)(=O)c1ccccc1. The summed E-state index contributed by atoms with van der Waals surface area (Å²) in [6.07, 6.45) is 1.49. The molecule has 0 fully saturated rings. The van der Waals surface area contributed by atoms with Gasteiger partial charge in [-0.05, 0) is 25.0 Å². The fourth-order valence-corrected chi connectivity index (χ4v) is 2.44. The fraction of sp³-hybridized carbons (Fsp3) is 0.385. The molecule has 0 aliphatic rings.